The van der Waals surface area contributed by atoms with E-state index in [0.717, 1.165) is 26.2 Å². The molecule has 0 radical (unpaired) electrons. The lowest BCUT2D eigenvalue weighted by Gasteiger charge is -2.19. The third kappa shape index (κ3) is 4.88. The monoisotopic (exact) mass is 235 g/mol. The second-order valence-corrected chi connectivity index (χ2v) is 4.45. The Morgan fingerprint density at radius 3 is 2.71 bits per heavy atom. The van der Waals surface area contributed by atoms with E-state index >= 15 is 0 Å². The molecular formula is C15H25NO. The molecule has 1 rings (SSSR count). The minimum atomic E-state index is 0.599. The number of aryl methyl sites for hydroxylation is 1. The third-order valence-corrected chi connectivity index (χ3v) is 3.12. The Hall–Kier alpha value is -0.860. The molecule has 0 aliphatic rings. The molecule has 0 spiro atoms. The van der Waals surface area contributed by atoms with E-state index in [9.17, 15) is 0 Å². The Morgan fingerprint density at radius 1 is 1.29 bits per heavy atom. The maximum atomic E-state index is 5.41. The average Bonchev–Trinajstić information content (AvgIpc) is 2.34. The predicted octanol–water partition coefficient (Wildman–Crippen LogP) is 3.11. The smallest absolute Gasteiger partial charge is 0.0466 e. The first-order valence-corrected chi connectivity index (χ1v) is 6.57. The second-order valence-electron chi connectivity index (χ2n) is 4.45. The number of ether oxygens (including phenoxy) is 1. The Kier molecular flexibility index (Phi) is 6.90. The van der Waals surface area contributed by atoms with Gasteiger partial charge in [-0.2, -0.15) is 0 Å². The van der Waals surface area contributed by atoms with E-state index in [2.05, 4.69) is 36.5 Å². The minimum absolute atomic E-state index is 0.599. The van der Waals surface area contributed by atoms with Crippen LogP contribution in [0.5, 0.6) is 0 Å². The lowest BCUT2D eigenvalue weighted by molar-refractivity contribution is 0.142. The highest BCUT2D eigenvalue weighted by Gasteiger charge is 2.12. The van der Waals surface area contributed by atoms with Crippen LogP contribution in [0.25, 0.3) is 0 Å². The van der Waals surface area contributed by atoms with Gasteiger partial charge in [-0.05, 0) is 50.8 Å². The molecule has 0 aromatic heterocycles. The molecule has 0 aliphatic heterocycles. The maximum absolute atomic E-state index is 5.41. The number of hydrogen-bond donors (Lipinski definition) is 1. The van der Waals surface area contributed by atoms with Gasteiger partial charge in [0.2, 0.25) is 0 Å². The highest BCUT2D eigenvalue weighted by molar-refractivity contribution is 5.29. The van der Waals surface area contributed by atoms with Crippen molar-refractivity contribution in [3.8, 4) is 0 Å². The summed E-state index contributed by atoms with van der Waals surface area (Å²) < 4.78 is 5.41. The van der Waals surface area contributed by atoms with Crippen molar-refractivity contribution in [1.29, 1.82) is 0 Å². The van der Waals surface area contributed by atoms with Gasteiger partial charge in [0.05, 0.1) is 0 Å². The van der Waals surface area contributed by atoms with Gasteiger partial charge < -0.3 is 10.1 Å². The van der Waals surface area contributed by atoms with Crippen molar-refractivity contribution in [2.75, 3.05) is 26.8 Å². The van der Waals surface area contributed by atoms with Crippen molar-refractivity contribution in [2.45, 2.75) is 32.6 Å². The highest BCUT2D eigenvalue weighted by Crippen LogP contribution is 2.23. The molecule has 2 nitrogen and oxygen atoms in total. The van der Waals surface area contributed by atoms with Crippen molar-refractivity contribution in [2.24, 2.45) is 0 Å². The summed E-state index contributed by atoms with van der Waals surface area (Å²) in [5.74, 6) is 0.599. The van der Waals surface area contributed by atoms with E-state index in [1.165, 1.54) is 17.5 Å². The van der Waals surface area contributed by atoms with Gasteiger partial charge >= 0.3 is 0 Å². The van der Waals surface area contributed by atoms with E-state index in [1.807, 2.05) is 14.0 Å². The molecule has 1 unspecified atom stereocenters. The van der Waals surface area contributed by atoms with Gasteiger partial charge in [-0.1, -0.05) is 24.3 Å². The van der Waals surface area contributed by atoms with E-state index in [1.54, 1.807) is 0 Å². The molecule has 1 aromatic rings. The molecule has 96 valence electrons. The molecule has 17 heavy (non-hydrogen) atoms. The minimum Gasteiger partial charge on any atom is -0.382 e. The molecule has 0 saturated carbocycles. The van der Waals surface area contributed by atoms with Crippen LogP contribution in [0, 0.1) is 6.92 Å². The molecule has 1 atom stereocenters. The van der Waals surface area contributed by atoms with Gasteiger partial charge in [0.15, 0.2) is 0 Å². The summed E-state index contributed by atoms with van der Waals surface area (Å²) in [6.07, 6.45) is 2.32. The van der Waals surface area contributed by atoms with Crippen molar-refractivity contribution in [3.63, 3.8) is 0 Å². The van der Waals surface area contributed by atoms with Gasteiger partial charge in [0, 0.05) is 19.8 Å². The quantitative estimate of drug-likeness (QED) is 0.699. The number of benzene rings is 1. The number of rotatable bonds is 8. The lowest BCUT2D eigenvalue weighted by Crippen LogP contribution is -2.18. The van der Waals surface area contributed by atoms with Crippen LogP contribution in [0.4, 0.5) is 0 Å². The summed E-state index contributed by atoms with van der Waals surface area (Å²) >= 11 is 0. The van der Waals surface area contributed by atoms with Crippen LogP contribution in [0.2, 0.25) is 0 Å². The summed E-state index contributed by atoms with van der Waals surface area (Å²) in [4.78, 5) is 0. The predicted molar refractivity (Wildman–Crippen MR) is 73.6 cm³/mol. The van der Waals surface area contributed by atoms with Gasteiger partial charge in [-0.15, -0.1) is 0 Å². The standard InChI is InChI=1S/C15H25NO/c1-4-17-11-7-9-14(12-16-3)15-10-6-5-8-13(15)2/h5-6,8,10,14,16H,4,7,9,11-12H2,1-3H3. The van der Waals surface area contributed by atoms with Crippen LogP contribution in [0.1, 0.15) is 36.8 Å². The highest BCUT2D eigenvalue weighted by atomic mass is 16.5. The molecule has 0 fully saturated rings. The van der Waals surface area contributed by atoms with Crippen molar-refractivity contribution >= 4 is 0 Å². The van der Waals surface area contributed by atoms with Crippen molar-refractivity contribution in [1.82, 2.24) is 5.32 Å². The molecule has 0 bridgehead atoms. The van der Waals surface area contributed by atoms with E-state index < -0.39 is 0 Å². The van der Waals surface area contributed by atoms with Crippen LogP contribution in [-0.2, 0) is 4.74 Å². The third-order valence-electron chi connectivity index (χ3n) is 3.12. The molecule has 1 aromatic carbocycles. The fourth-order valence-electron chi connectivity index (χ4n) is 2.23. The van der Waals surface area contributed by atoms with Crippen LogP contribution in [-0.4, -0.2) is 26.8 Å². The zero-order chi connectivity index (χ0) is 12.5. The zero-order valence-corrected chi connectivity index (χ0v) is 11.3. The Bertz CT molecular complexity index is 312. The Labute approximate surface area is 105 Å². The first-order valence-electron chi connectivity index (χ1n) is 6.57. The number of nitrogens with one attached hydrogen (secondary N) is 1. The van der Waals surface area contributed by atoms with Crippen LogP contribution < -0.4 is 5.32 Å². The van der Waals surface area contributed by atoms with Crippen LogP contribution in [0.3, 0.4) is 0 Å². The molecule has 1 N–H and O–H groups in total. The summed E-state index contributed by atoms with van der Waals surface area (Å²) in [7, 11) is 2.02. The molecular weight excluding hydrogens is 210 g/mol. The van der Waals surface area contributed by atoms with Gasteiger partial charge in [-0.25, -0.2) is 0 Å². The Morgan fingerprint density at radius 2 is 2.06 bits per heavy atom. The maximum Gasteiger partial charge on any atom is 0.0466 e. The first kappa shape index (κ1) is 14.2. The normalized spacial score (nSPS) is 12.6. The molecule has 2 heteroatoms. The molecule has 0 amide bonds. The zero-order valence-electron chi connectivity index (χ0n) is 11.3. The summed E-state index contributed by atoms with van der Waals surface area (Å²) in [5.41, 5.74) is 2.86. The summed E-state index contributed by atoms with van der Waals surface area (Å²) in [5, 5.41) is 3.29. The van der Waals surface area contributed by atoms with E-state index in [0.29, 0.717) is 5.92 Å². The average molecular weight is 235 g/mol. The van der Waals surface area contributed by atoms with E-state index in [-0.39, 0.29) is 0 Å². The largest absolute Gasteiger partial charge is 0.382 e. The number of likely N-dealkylation sites (N-methyl/N-ethyl adjacent to an activating group) is 1. The number of hydrogen-bond acceptors (Lipinski definition) is 2. The topological polar surface area (TPSA) is 21.3 Å². The Balaban J connectivity index is 2.56. The van der Waals surface area contributed by atoms with Crippen LogP contribution >= 0.6 is 0 Å². The first-order chi connectivity index (χ1) is 8.29. The second kappa shape index (κ2) is 8.26. The summed E-state index contributed by atoms with van der Waals surface area (Å²) in [6.45, 7) is 6.98. The van der Waals surface area contributed by atoms with E-state index in [4.69, 9.17) is 4.74 Å². The van der Waals surface area contributed by atoms with Crippen LogP contribution in [0.15, 0.2) is 24.3 Å². The van der Waals surface area contributed by atoms with Crippen molar-refractivity contribution < 1.29 is 4.74 Å². The van der Waals surface area contributed by atoms with Crippen molar-refractivity contribution in [3.05, 3.63) is 35.4 Å². The van der Waals surface area contributed by atoms with Gasteiger partial charge in [-0.3, -0.25) is 0 Å². The fraction of sp³-hybridized carbons (Fsp3) is 0.600. The molecule has 0 saturated heterocycles. The van der Waals surface area contributed by atoms with Gasteiger partial charge in [0.25, 0.3) is 0 Å². The SMILES string of the molecule is CCOCCCC(CNC)c1ccccc1C. The lowest BCUT2D eigenvalue weighted by atomic mass is 9.91. The molecule has 0 heterocycles. The van der Waals surface area contributed by atoms with Gasteiger partial charge in [0.1, 0.15) is 0 Å². The fourth-order valence-corrected chi connectivity index (χ4v) is 2.23. The molecule has 0 aliphatic carbocycles. The summed E-state index contributed by atoms with van der Waals surface area (Å²) in [6, 6.07) is 8.68.